The van der Waals surface area contributed by atoms with E-state index in [4.69, 9.17) is 5.14 Å². The number of carbonyl (C=O) groups excluding carboxylic acids is 1. The molecule has 2 rings (SSSR count). The minimum Gasteiger partial charge on any atom is -0.369 e. The van der Waals surface area contributed by atoms with Crippen molar-refractivity contribution < 1.29 is 18.1 Å². The van der Waals surface area contributed by atoms with E-state index in [1.54, 1.807) is 31.2 Å². The van der Waals surface area contributed by atoms with Crippen LogP contribution in [0.15, 0.2) is 58.3 Å². The lowest BCUT2D eigenvalue weighted by molar-refractivity contribution is -0.384. The molecule has 0 radical (unpaired) electrons. The number of thioether (sulfide) groups is 1. The molecular formula is C16H17N3O5S2. The number of carbonyl (C=O) groups is 1. The second-order valence-corrected chi connectivity index (χ2v) is 7.96. The van der Waals surface area contributed by atoms with Crippen molar-refractivity contribution in [2.24, 2.45) is 5.14 Å². The molecule has 0 fully saturated rings. The minimum absolute atomic E-state index is 0.0521. The molecule has 138 valence electrons. The number of nitrogens with one attached hydrogen (secondary N) is 1. The Kier molecular flexibility index (Phi) is 6.35. The Bertz CT molecular complexity index is 917. The Morgan fingerprint density at radius 2 is 1.92 bits per heavy atom. The van der Waals surface area contributed by atoms with Gasteiger partial charge in [0, 0.05) is 11.0 Å². The van der Waals surface area contributed by atoms with Crippen molar-refractivity contribution >= 4 is 38.3 Å². The van der Waals surface area contributed by atoms with Crippen molar-refractivity contribution in [3.8, 4) is 0 Å². The van der Waals surface area contributed by atoms with E-state index in [-0.39, 0.29) is 15.7 Å². The summed E-state index contributed by atoms with van der Waals surface area (Å²) >= 11 is 1.03. The van der Waals surface area contributed by atoms with Crippen LogP contribution in [-0.4, -0.2) is 24.5 Å². The maximum absolute atomic E-state index is 12.5. The first-order chi connectivity index (χ1) is 12.2. The van der Waals surface area contributed by atoms with Crippen LogP contribution in [0.4, 0.5) is 11.4 Å². The molecule has 0 heterocycles. The van der Waals surface area contributed by atoms with Crippen LogP contribution in [0.25, 0.3) is 0 Å². The molecule has 0 aromatic heterocycles. The SMILES string of the molecule is CC[C@@H](Nc1ccc(S(N)(=O)=O)cc1[N+](=O)[O-])C(=O)Sc1ccccc1. The summed E-state index contributed by atoms with van der Waals surface area (Å²) in [5, 5.41) is 18.9. The van der Waals surface area contributed by atoms with E-state index in [1.807, 2.05) is 6.07 Å². The van der Waals surface area contributed by atoms with Crippen molar-refractivity contribution in [1.29, 1.82) is 0 Å². The highest BCUT2D eigenvalue weighted by Crippen LogP contribution is 2.29. The van der Waals surface area contributed by atoms with Gasteiger partial charge in [-0.05, 0) is 42.4 Å². The number of anilines is 1. The second kappa shape index (κ2) is 8.30. The molecule has 0 saturated carbocycles. The summed E-state index contributed by atoms with van der Waals surface area (Å²) in [4.78, 5) is 23.4. The van der Waals surface area contributed by atoms with Crippen molar-refractivity contribution in [2.45, 2.75) is 29.2 Å². The zero-order chi connectivity index (χ0) is 19.3. The number of nitro benzene ring substituents is 1. The van der Waals surface area contributed by atoms with Gasteiger partial charge in [-0.15, -0.1) is 0 Å². The number of nitrogens with zero attached hydrogens (tertiary/aromatic N) is 1. The van der Waals surface area contributed by atoms with Gasteiger partial charge in [0.05, 0.1) is 15.9 Å². The van der Waals surface area contributed by atoms with Crippen LogP contribution in [0.5, 0.6) is 0 Å². The number of sulfonamides is 1. The fourth-order valence-corrected chi connectivity index (χ4v) is 3.58. The lowest BCUT2D eigenvalue weighted by atomic mass is 10.2. The predicted molar refractivity (Wildman–Crippen MR) is 99.5 cm³/mol. The third kappa shape index (κ3) is 5.04. The summed E-state index contributed by atoms with van der Waals surface area (Å²) in [5.41, 5.74) is -0.413. The number of nitro groups is 1. The number of benzene rings is 2. The monoisotopic (exact) mass is 395 g/mol. The maximum Gasteiger partial charge on any atom is 0.293 e. The average molecular weight is 395 g/mol. The maximum atomic E-state index is 12.5. The topological polar surface area (TPSA) is 132 Å². The molecule has 0 bridgehead atoms. The number of primary sulfonamides is 1. The Morgan fingerprint density at radius 3 is 2.46 bits per heavy atom. The normalized spacial score (nSPS) is 12.4. The van der Waals surface area contributed by atoms with E-state index >= 15 is 0 Å². The van der Waals surface area contributed by atoms with Crippen molar-refractivity contribution in [3.05, 3.63) is 58.6 Å². The number of rotatable bonds is 7. The minimum atomic E-state index is -4.07. The average Bonchev–Trinajstić information content (AvgIpc) is 2.59. The summed E-state index contributed by atoms with van der Waals surface area (Å²) in [5.74, 6) is 0. The molecule has 2 aromatic rings. The summed E-state index contributed by atoms with van der Waals surface area (Å²) in [6.07, 6.45) is 0.396. The smallest absolute Gasteiger partial charge is 0.293 e. The highest BCUT2D eigenvalue weighted by atomic mass is 32.2. The van der Waals surface area contributed by atoms with Gasteiger partial charge in [0.2, 0.25) is 15.1 Å². The predicted octanol–water partition coefficient (Wildman–Crippen LogP) is 2.75. The van der Waals surface area contributed by atoms with Crippen LogP contribution < -0.4 is 10.5 Å². The van der Waals surface area contributed by atoms with Gasteiger partial charge in [-0.1, -0.05) is 25.1 Å². The third-order valence-electron chi connectivity index (χ3n) is 3.48. The van der Waals surface area contributed by atoms with Gasteiger partial charge in [0.15, 0.2) is 0 Å². The van der Waals surface area contributed by atoms with E-state index < -0.39 is 26.7 Å². The molecule has 8 nitrogen and oxygen atoms in total. The molecule has 0 aliphatic carbocycles. The van der Waals surface area contributed by atoms with E-state index in [9.17, 15) is 23.3 Å². The van der Waals surface area contributed by atoms with Crippen LogP contribution in [-0.2, 0) is 14.8 Å². The second-order valence-electron chi connectivity index (χ2n) is 5.32. The number of hydrogen-bond acceptors (Lipinski definition) is 7. The first-order valence-electron chi connectivity index (χ1n) is 7.57. The van der Waals surface area contributed by atoms with E-state index in [1.165, 1.54) is 6.07 Å². The highest BCUT2D eigenvalue weighted by molar-refractivity contribution is 8.13. The van der Waals surface area contributed by atoms with Crippen LogP contribution >= 0.6 is 11.8 Å². The zero-order valence-corrected chi connectivity index (χ0v) is 15.4. The van der Waals surface area contributed by atoms with E-state index in [2.05, 4.69) is 5.32 Å². The molecule has 2 aromatic carbocycles. The molecule has 0 aliphatic heterocycles. The van der Waals surface area contributed by atoms with Crippen LogP contribution in [0, 0.1) is 10.1 Å². The van der Waals surface area contributed by atoms with Crippen molar-refractivity contribution in [3.63, 3.8) is 0 Å². The third-order valence-corrected chi connectivity index (χ3v) is 5.38. The lowest BCUT2D eigenvalue weighted by Gasteiger charge is -2.17. The Labute approximate surface area is 155 Å². The first-order valence-corrected chi connectivity index (χ1v) is 9.93. The van der Waals surface area contributed by atoms with E-state index in [0.29, 0.717) is 6.42 Å². The largest absolute Gasteiger partial charge is 0.369 e. The van der Waals surface area contributed by atoms with Gasteiger partial charge in [0.1, 0.15) is 5.69 Å². The molecule has 1 atom stereocenters. The van der Waals surface area contributed by atoms with Crippen LogP contribution in [0.1, 0.15) is 13.3 Å². The van der Waals surface area contributed by atoms with Gasteiger partial charge in [-0.3, -0.25) is 14.9 Å². The quantitative estimate of drug-likeness (QED) is 0.418. The fourth-order valence-electron chi connectivity index (χ4n) is 2.15. The standard InChI is InChI=1S/C16H17N3O5S2/c1-2-13(16(20)25-11-6-4-3-5-7-11)18-14-9-8-12(26(17,23)24)10-15(14)19(21)22/h3-10,13,18H,2H2,1H3,(H2,17,23,24)/t13-/m1/s1. The highest BCUT2D eigenvalue weighted by Gasteiger charge is 2.24. The van der Waals surface area contributed by atoms with Gasteiger partial charge in [-0.2, -0.15) is 0 Å². The molecular weight excluding hydrogens is 378 g/mol. The van der Waals surface area contributed by atoms with Gasteiger partial charge >= 0.3 is 0 Å². The molecule has 3 N–H and O–H groups in total. The fraction of sp³-hybridized carbons (Fsp3) is 0.188. The van der Waals surface area contributed by atoms with Gasteiger partial charge < -0.3 is 5.32 Å². The molecule has 0 amide bonds. The summed E-state index contributed by atoms with van der Waals surface area (Å²) in [6.45, 7) is 1.77. The van der Waals surface area contributed by atoms with Crippen LogP contribution in [0.2, 0.25) is 0 Å². The van der Waals surface area contributed by atoms with Crippen molar-refractivity contribution in [2.75, 3.05) is 5.32 Å². The van der Waals surface area contributed by atoms with Crippen LogP contribution in [0.3, 0.4) is 0 Å². The van der Waals surface area contributed by atoms with Crippen molar-refractivity contribution in [1.82, 2.24) is 0 Å². The number of nitrogens with two attached hydrogens (primary N) is 1. The molecule has 26 heavy (non-hydrogen) atoms. The van der Waals surface area contributed by atoms with Gasteiger partial charge in [-0.25, -0.2) is 13.6 Å². The first kappa shape index (κ1) is 19.9. The Morgan fingerprint density at radius 1 is 1.27 bits per heavy atom. The molecule has 0 unspecified atom stereocenters. The number of hydrogen-bond donors (Lipinski definition) is 2. The lowest BCUT2D eigenvalue weighted by Crippen LogP contribution is -2.27. The zero-order valence-electron chi connectivity index (χ0n) is 13.8. The molecule has 0 spiro atoms. The Balaban J connectivity index is 2.26. The molecule has 10 heteroatoms. The molecule has 0 aliphatic rings. The summed E-state index contributed by atoms with van der Waals surface area (Å²) < 4.78 is 22.8. The molecule has 0 saturated heterocycles. The Hall–Kier alpha value is -2.43. The summed E-state index contributed by atoms with van der Waals surface area (Å²) in [7, 11) is -4.07. The van der Waals surface area contributed by atoms with Gasteiger partial charge in [0.25, 0.3) is 5.69 Å². The summed E-state index contributed by atoms with van der Waals surface area (Å²) in [6, 6.07) is 11.6. The van der Waals surface area contributed by atoms with E-state index in [0.717, 1.165) is 28.8 Å².